The first kappa shape index (κ1) is 23.3. The Bertz CT molecular complexity index is 711. The molecule has 0 spiro atoms. The first-order valence-electron chi connectivity index (χ1n) is 9.38. The monoisotopic (exact) mass is 404 g/mol. The van der Waals surface area contributed by atoms with E-state index in [1.54, 1.807) is 0 Å². The molecule has 0 aliphatic rings. The van der Waals surface area contributed by atoms with Crippen LogP contribution < -0.4 is 9.62 Å². The molecule has 1 rings (SSSR count). The zero-order valence-electron chi connectivity index (χ0n) is 16.3. The van der Waals surface area contributed by atoms with E-state index >= 15 is 0 Å². The minimum Gasteiger partial charge on any atom is -0.356 e. The Labute approximate surface area is 161 Å². The molecule has 0 aliphatic heterocycles. The van der Waals surface area contributed by atoms with Gasteiger partial charge in [0.25, 0.3) is 0 Å². The zero-order chi connectivity index (χ0) is 20.4. The first-order valence-corrected chi connectivity index (χ1v) is 11.2. The predicted molar refractivity (Wildman–Crippen MR) is 104 cm³/mol. The number of hydrogen-bond acceptors (Lipinski definition) is 3. The minimum atomic E-state index is -3.67. The lowest BCUT2D eigenvalue weighted by molar-refractivity contribution is -0.121. The molecule has 8 heteroatoms. The van der Waals surface area contributed by atoms with Gasteiger partial charge in [0.15, 0.2) is 11.6 Å². The Morgan fingerprint density at radius 2 is 1.89 bits per heavy atom. The number of sulfonamides is 1. The summed E-state index contributed by atoms with van der Waals surface area (Å²) in [4.78, 5) is 12.0. The van der Waals surface area contributed by atoms with Gasteiger partial charge in [0.2, 0.25) is 15.9 Å². The third-order valence-corrected chi connectivity index (χ3v) is 5.68. The van der Waals surface area contributed by atoms with Gasteiger partial charge in [-0.1, -0.05) is 33.1 Å². The van der Waals surface area contributed by atoms with Crippen molar-refractivity contribution in [3.05, 3.63) is 29.8 Å². The molecular weight excluding hydrogens is 374 g/mol. The molecule has 1 aromatic rings. The van der Waals surface area contributed by atoms with Gasteiger partial charge in [-0.3, -0.25) is 9.10 Å². The van der Waals surface area contributed by atoms with Crippen molar-refractivity contribution in [1.29, 1.82) is 0 Å². The number of hydrogen-bond donors (Lipinski definition) is 1. The van der Waals surface area contributed by atoms with E-state index in [0.717, 1.165) is 48.4 Å². The van der Waals surface area contributed by atoms with E-state index < -0.39 is 21.7 Å². The Kier molecular flexibility index (Phi) is 9.69. The summed E-state index contributed by atoms with van der Waals surface area (Å²) in [5.74, 6) is -1.84. The molecule has 0 bridgehead atoms. The van der Waals surface area contributed by atoms with Crippen LogP contribution in [0.5, 0.6) is 0 Å². The van der Waals surface area contributed by atoms with Crippen LogP contribution in [0.2, 0.25) is 0 Å². The molecule has 0 aliphatic carbocycles. The van der Waals surface area contributed by atoms with Crippen molar-refractivity contribution in [2.75, 3.05) is 23.7 Å². The molecule has 1 amide bonds. The number of unbranched alkanes of at least 4 members (excludes halogenated alkanes) is 1. The van der Waals surface area contributed by atoms with E-state index in [1.165, 1.54) is 6.07 Å². The van der Waals surface area contributed by atoms with E-state index in [9.17, 15) is 22.0 Å². The number of halogens is 2. The van der Waals surface area contributed by atoms with Gasteiger partial charge in [-0.2, -0.15) is 0 Å². The lowest BCUT2D eigenvalue weighted by Gasteiger charge is -2.22. The maximum absolute atomic E-state index is 13.4. The number of nitrogens with zero attached hydrogens (tertiary/aromatic N) is 1. The summed E-state index contributed by atoms with van der Waals surface area (Å²) >= 11 is 0. The van der Waals surface area contributed by atoms with E-state index in [1.807, 2.05) is 0 Å². The van der Waals surface area contributed by atoms with Gasteiger partial charge in [0.1, 0.15) is 0 Å². The maximum Gasteiger partial charge on any atom is 0.232 e. The normalized spacial score (nSPS) is 12.6. The van der Waals surface area contributed by atoms with E-state index in [4.69, 9.17) is 0 Å². The van der Waals surface area contributed by atoms with Gasteiger partial charge < -0.3 is 5.32 Å². The van der Waals surface area contributed by atoms with Gasteiger partial charge >= 0.3 is 0 Å². The van der Waals surface area contributed by atoms with Crippen LogP contribution in [-0.4, -0.2) is 33.7 Å². The van der Waals surface area contributed by atoms with Crippen molar-refractivity contribution >= 4 is 21.6 Å². The lowest BCUT2D eigenvalue weighted by atomic mass is 9.99. The number of amides is 1. The van der Waals surface area contributed by atoms with E-state index in [2.05, 4.69) is 19.2 Å². The summed E-state index contributed by atoms with van der Waals surface area (Å²) in [6.45, 7) is 4.86. The fraction of sp³-hybridized carbons (Fsp3) is 0.632. The predicted octanol–water partition coefficient (Wildman–Crippen LogP) is 3.84. The summed E-state index contributed by atoms with van der Waals surface area (Å²) in [7, 11) is -3.67. The molecule has 1 aromatic carbocycles. The Morgan fingerprint density at radius 3 is 2.44 bits per heavy atom. The average molecular weight is 405 g/mol. The van der Waals surface area contributed by atoms with Gasteiger partial charge in [0, 0.05) is 25.6 Å². The second-order valence-corrected chi connectivity index (χ2v) is 8.66. The highest BCUT2D eigenvalue weighted by Crippen LogP contribution is 2.21. The Hall–Kier alpha value is -1.70. The lowest BCUT2D eigenvalue weighted by Crippen LogP contribution is -2.33. The Balaban J connectivity index is 2.57. The largest absolute Gasteiger partial charge is 0.356 e. The van der Waals surface area contributed by atoms with Crippen molar-refractivity contribution in [2.24, 2.45) is 5.92 Å². The van der Waals surface area contributed by atoms with Crippen LogP contribution in [0.25, 0.3) is 0 Å². The summed E-state index contributed by atoms with van der Waals surface area (Å²) < 4.78 is 51.4. The first-order chi connectivity index (χ1) is 12.7. The third-order valence-electron chi connectivity index (χ3n) is 4.49. The fourth-order valence-corrected chi connectivity index (χ4v) is 3.76. The van der Waals surface area contributed by atoms with Crippen LogP contribution in [0, 0.1) is 17.6 Å². The van der Waals surface area contributed by atoms with Crippen LogP contribution in [0.3, 0.4) is 0 Å². The topological polar surface area (TPSA) is 66.5 Å². The molecule has 0 radical (unpaired) electrons. The number of nitrogens with one attached hydrogen (secondary N) is 1. The maximum atomic E-state index is 13.4. The third kappa shape index (κ3) is 8.24. The quantitative estimate of drug-likeness (QED) is 0.576. The molecule has 154 valence electrons. The zero-order valence-corrected chi connectivity index (χ0v) is 17.1. The summed E-state index contributed by atoms with van der Waals surface area (Å²) in [6.07, 6.45) is 5.77. The van der Waals surface area contributed by atoms with E-state index in [0.29, 0.717) is 12.5 Å². The molecule has 0 saturated carbocycles. The molecule has 1 N–H and O–H groups in total. The molecular formula is C19H30F2N2O3S. The van der Waals surface area contributed by atoms with Crippen LogP contribution in [0.4, 0.5) is 14.5 Å². The van der Waals surface area contributed by atoms with Gasteiger partial charge in [-0.15, -0.1) is 0 Å². The van der Waals surface area contributed by atoms with Crippen LogP contribution in [0.15, 0.2) is 18.2 Å². The molecule has 5 nitrogen and oxygen atoms in total. The van der Waals surface area contributed by atoms with Crippen molar-refractivity contribution in [3.63, 3.8) is 0 Å². The number of rotatable bonds is 12. The fourth-order valence-electron chi connectivity index (χ4n) is 2.80. The number of anilines is 1. The van der Waals surface area contributed by atoms with Crippen molar-refractivity contribution in [3.8, 4) is 0 Å². The van der Waals surface area contributed by atoms with Crippen LogP contribution in [-0.2, 0) is 14.8 Å². The van der Waals surface area contributed by atoms with Crippen LogP contribution in [0.1, 0.15) is 52.4 Å². The average Bonchev–Trinajstić information content (AvgIpc) is 2.60. The van der Waals surface area contributed by atoms with Gasteiger partial charge in [-0.05, 0) is 30.9 Å². The molecule has 1 atom stereocenters. The standard InChI is InChI=1S/C19H30F2N2O3S/c1-4-6-8-15(5-2)14-22-19(24)9-7-12-23(27(3,25)26)16-10-11-17(20)18(21)13-16/h10-11,13,15H,4-9,12,14H2,1-3H3,(H,22,24)/t15-/m0/s1. The minimum absolute atomic E-state index is 0.0182. The smallest absolute Gasteiger partial charge is 0.232 e. The number of carbonyl (C=O) groups excluding carboxylic acids is 1. The van der Waals surface area contributed by atoms with Crippen molar-refractivity contribution in [1.82, 2.24) is 5.32 Å². The number of benzene rings is 1. The molecule has 0 fully saturated rings. The van der Waals surface area contributed by atoms with E-state index in [-0.39, 0.29) is 31.0 Å². The highest BCUT2D eigenvalue weighted by molar-refractivity contribution is 7.92. The molecule has 0 unspecified atom stereocenters. The summed E-state index contributed by atoms with van der Waals surface area (Å²) in [5, 5.41) is 2.89. The highest BCUT2D eigenvalue weighted by Gasteiger charge is 2.19. The highest BCUT2D eigenvalue weighted by atomic mass is 32.2. The second kappa shape index (κ2) is 11.2. The molecule has 0 aromatic heterocycles. The second-order valence-electron chi connectivity index (χ2n) is 6.76. The number of carbonyl (C=O) groups is 1. The summed E-state index contributed by atoms with van der Waals surface area (Å²) in [5.41, 5.74) is 0.0439. The van der Waals surface area contributed by atoms with Gasteiger partial charge in [-0.25, -0.2) is 17.2 Å². The van der Waals surface area contributed by atoms with Crippen LogP contribution >= 0.6 is 0 Å². The summed E-state index contributed by atoms with van der Waals surface area (Å²) in [6, 6.07) is 2.94. The van der Waals surface area contributed by atoms with Gasteiger partial charge in [0.05, 0.1) is 11.9 Å². The van der Waals surface area contributed by atoms with Crippen molar-refractivity contribution < 1.29 is 22.0 Å². The Morgan fingerprint density at radius 1 is 1.19 bits per heavy atom. The molecule has 27 heavy (non-hydrogen) atoms. The molecule has 0 heterocycles. The SMILES string of the molecule is CCCC[C@H](CC)CNC(=O)CCCN(c1ccc(F)c(F)c1)S(C)(=O)=O. The van der Waals surface area contributed by atoms with Crippen molar-refractivity contribution in [2.45, 2.75) is 52.4 Å². The molecule has 0 saturated heterocycles.